The molecule has 2 rings (SSSR count). The second kappa shape index (κ2) is 5.17. The van der Waals surface area contributed by atoms with E-state index in [2.05, 4.69) is 28.3 Å². The van der Waals surface area contributed by atoms with E-state index in [1.807, 2.05) is 13.0 Å². The van der Waals surface area contributed by atoms with Gasteiger partial charge >= 0.3 is 0 Å². The molecule has 1 aliphatic carbocycles. The van der Waals surface area contributed by atoms with Crippen molar-refractivity contribution >= 4 is 5.96 Å². The molecular formula is C13H20N4. The summed E-state index contributed by atoms with van der Waals surface area (Å²) in [6, 6.07) is 4.61. The second-order valence-electron chi connectivity index (χ2n) is 4.68. The molecule has 0 aliphatic heterocycles. The van der Waals surface area contributed by atoms with Gasteiger partial charge in [-0.3, -0.25) is 4.98 Å². The average Bonchev–Trinajstić information content (AvgIpc) is 2.25. The summed E-state index contributed by atoms with van der Waals surface area (Å²) in [7, 11) is 0. The van der Waals surface area contributed by atoms with Crippen LogP contribution in [0.1, 0.15) is 36.2 Å². The lowest BCUT2D eigenvalue weighted by Gasteiger charge is -2.26. The molecule has 1 fully saturated rings. The van der Waals surface area contributed by atoms with E-state index in [0.717, 1.165) is 11.4 Å². The van der Waals surface area contributed by atoms with Gasteiger partial charge in [0.1, 0.15) is 0 Å². The summed E-state index contributed by atoms with van der Waals surface area (Å²) in [5, 5.41) is 3.21. The molecule has 0 amide bonds. The van der Waals surface area contributed by atoms with E-state index in [-0.39, 0.29) is 0 Å². The van der Waals surface area contributed by atoms with Crippen LogP contribution in [0, 0.1) is 13.8 Å². The fraction of sp³-hybridized carbons (Fsp3) is 0.538. The molecular weight excluding hydrogens is 212 g/mol. The summed E-state index contributed by atoms with van der Waals surface area (Å²) >= 11 is 0. The monoisotopic (exact) mass is 232 g/mol. The van der Waals surface area contributed by atoms with Crippen molar-refractivity contribution in [2.45, 2.75) is 45.7 Å². The Morgan fingerprint density at radius 3 is 2.82 bits per heavy atom. The number of nitrogens with one attached hydrogen (secondary N) is 1. The van der Waals surface area contributed by atoms with Crippen LogP contribution in [0.5, 0.6) is 0 Å². The van der Waals surface area contributed by atoms with E-state index in [0.29, 0.717) is 18.5 Å². The minimum atomic E-state index is 0.534. The normalized spacial score (nSPS) is 16.7. The number of nitrogens with two attached hydrogens (primary N) is 1. The van der Waals surface area contributed by atoms with Crippen LogP contribution in [-0.2, 0) is 6.54 Å². The van der Waals surface area contributed by atoms with E-state index >= 15 is 0 Å². The molecule has 0 radical (unpaired) electrons. The molecule has 0 spiro atoms. The van der Waals surface area contributed by atoms with Crippen LogP contribution in [0.3, 0.4) is 0 Å². The third kappa shape index (κ3) is 3.19. The number of guanidine groups is 1. The number of aryl methyl sites for hydroxylation is 2. The summed E-state index contributed by atoms with van der Waals surface area (Å²) in [5.74, 6) is 0.537. The maximum Gasteiger partial charge on any atom is 0.189 e. The molecule has 3 N–H and O–H groups in total. The van der Waals surface area contributed by atoms with Gasteiger partial charge in [-0.2, -0.15) is 0 Å². The molecule has 0 aromatic carbocycles. The molecule has 17 heavy (non-hydrogen) atoms. The minimum Gasteiger partial charge on any atom is -0.370 e. The van der Waals surface area contributed by atoms with Gasteiger partial charge < -0.3 is 11.1 Å². The zero-order valence-electron chi connectivity index (χ0n) is 10.5. The Hall–Kier alpha value is -1.58. The Morgan fingerprint density at radius 2 is 2.24 bits per heavy atom. The molecule has 1 heterocycles. The average molecular weight is 232 g/mol. The van der Waals surface area contributed by atoms with Crippen LogP contribution in [0.2, 0.25) is 0 Å². The zero-order chi connectivity index (χ0) is 12.3. The number of rotatable bonds is 3. The first-order chi connectivity index (χ1) is 8.15. The number of hydrogen-bond donors (Lipinski definition) is 2. The molecule has 4 heteroatoms. The fourth-order valence-electron chi connectivity index (χ4n) is 1.74. The SMILES string of the molecule is Cc1ccc(CN=C(N)NC2CCC2)nc1C. The van der Waals surface area contributed by atoms with Crippen molar-refractivity contribution in [3.05, 3.63) is 29.1 Å². The largest absolute Gasteiger partial charge is 0.370 e. The number of aromatic nitrogens is 1. The Balaban J connectivity index is 1.90. The van der Waals surface area contributed by atoms with Gasteiger partial charge in [-0.25, -0.2) is 4.99 Å². The molecule has 0 bridgehead atoms. The van der Waals surface area contributed by atoms with E-state index < -0.39 is 0 Å². The number of aliphatic imine (C=N–C) groups is 1. The van der Waals surface area contributed by atoms with Crippen LogP contribution in [0.4, 0.5) is 0 Å². The molecule has 1 aromatic rings. The van der Waals surface area contributed by atoms with Gasteiger partial charge in [-0.1, -0.05) is 6.07 Å². The van der Waals surface area contributed by atoms with E-state index in [1.165, 1.54) is 24.8 Å². The van der Waals surface area contributed by atoms with Crippen molar-refractivity contribution in [3.63, 3.8) is 0 Å². The molecule has 0 saturated heterocycles. The van der Waals surface area contributed by atoms with Crippen molar-refractivity contribution in [3.8, 4) is 0 Å². The van der Waals surface area contributed by atoms with Gasteiger partial charge in [0.2, 0.25) is 0 Å². The number of pyridine rings is 1. The van der Waals surface area contributed by atoms with Gasteiger partial charge in [0.15, 0.2) is 5.96 Å². The highest BCUT2D eigenvalue weighted by Gasteiger charge is 2.17. The highest BCUT2D eigenvalue weighted by atomic mass is 15.1. The first kappa shape index (κ1) is 11.9. The van der Waals surface area contributed by atoms with E-state index in [4.69, 9.17) is 5.73 Å². The van der Waals surface area contributed by atoms with Crippen LogP contribution in [-0.4, -0.2) is 17.0 Å². The summed E-state index contributed by atoms with van der Waals surface area (Å²) < 4.78 is 0. The summed E-state index contributed by atoms with van der Waals surface area (Å²) in [4.78, 5) is 8.78. The van der Waals surface area contributed by atoms with Crippen molar-refractivity contribution < 1.29 is 0 Å². The molecule has 0 atom stereocenters. The van der Waals surface area contributed by atoms with Gasteiger partial charge in [0.25, 0.3) is 0 Å². The third-order valence-corrected chi connectivity index (χ3v) is 3.28. The van der Waals surface area contributed by atoms with Gasteiger partial charge in [-0.05, 0) is 44.7 Å². The fourth-order valence-corrected chi connectivity index (χ4v) is 1.74. The predicted octanol–water partition coefficient (Wildman–Crippen LogP) is 1.66. The van der Waals surface area contributed by atoms with Crippen LogP contribution < -0.4 is 11.1 Å². The second-order valence-corrected chi connectivity index (χ2v) is 4.68. The first-order valence-corrected chi connectivity index (χ1v) is 6.15. The molecule has 0 unspecified atom stereocenters. The summed E-state index contributed by atoms with van der Waals surface area (Å²) in [6.45, 7) is 4.62. The Morgan fingerprint density at radius 1 is 1.47 bits per heavy atom. The van der Waals surface area contributed by atoms with E-state index in [9.17, 15) is 0 Å². The first-order valence-electron chi connectivity index (χ1n) is 6.15. The van der Waals surface area contributed by atoms with Crippen molar-refractivity contribution in [1.82, 2.24) is 10.3 Å². The molecule has 4 nitrogen and oxygen atoms in total. The maximum absolute atomic E-state index is 5.81. The predicted molar refractivity (Wildman–Crippen MR) is 69.8 cm³/mol. The maximum atomic E-state index is 5.81. The number of hydrogen-bond acceptors (Lipinski definition) is 2. The quantitative estimate of drug-likeness (QED) is 0.615. The third-order valence-electron chi connectivity index (χ3n) is 3.28. The van der Waals surface area contributed by atoms with Gasteiger partial charge in [0, 0.05) is 11.7 Å². The minimum absolute atomic E-state index is 0.534. The van der Waals surface area contributed by atoms with E-state index in [1.54, 1.807) is 0 Å². The Kier molecular flexibility index (Phi) is 3.61. The van der Waals surface area contributed by atoms with Crippen molar-refractivity contribution in [2.24, 2.45) is 10.7 Å². The topological polar surface area (TPSA) is 63.3 Å². The smallest absolute Gasteiger partial charge is 0.189 e. The Bertz CT molecular complexity index is 421. The lowest BCUT2D eigenvalue weighted by Crippen LogP contribution is -2.43. The van der Waals surface area contributed by atoms with Gasteiger partial charge in [0.05, 0.1) is 12.2 Å². The van der Waals surface area contributed by atoms with Crippen molar-refractivity contribution in [2.75, 3.05) is 0 Å². The lowest BCUT2D eigenvalue weighted by molar-refractivity contribution is 0.382. The van der Waals surface area contributed by atoms with Crippen LogP contribution in [0.25, 0.3) is 0 Å². The Labute approximate surface area is 102 Å². The standard InChI is InChI=1S/C13H20N4/c1-9-6-7-12(16-10(9)2)8-15-13(14)17-11-4-3-5-11/h6-7,11H,3-5,8H2,1-2H3,(H3,14,15,17). The molecule has 1 aliphatic rings. The zero-order valence-corrected chi connectivity index (χ0v) is 10.5. The highest BCUT2D eigenvalue weighted by Crippen LogP contribution is 2.17. The summed E-state index contributed by atoms with van der Waals surface area (Å²) in [6.07, 6.45) is 3.71. The summed E-state index contributed by atoms with van der Waals surface area (Å²) in [5.41, 5.74) is 9.04. The van der Waals surface area contributed by atoms with Crippen LogP contribution >= 0.6 is 0 Å². The molecule has 92 valence electrons. The van der Waals surface area contributed by atoms with Crippen molar-refractivity contribution in [1.29, 1.82) is 0 Å². The number of nitrogens with zero attached hydrogens (tertiary/aromatic N) is 2. The lowest BCUT2D eigenvalue weighted by atomic mass is 9.93. The molecule has 1 aromatic heterocycles. The molecule has 1 saturated carbocycles. The van der Waals surface area contributed by atoms with Crippen LogP contribution in [0.15, 0.2) is 17.1 Å². The highest BCUT2D eigenvalue weighted by molar-refractivity contribution is 5.78. The van der Waals surface area contributed by atoms with Gasteiger partial charge in [-0.15, -0.1) is 0 Å².